The molecule has 0 bridgehead atoms. The van der Waals surface area contributed by atoms with Gasteiger partial charge in [0.2, 0.25) is 10.0 Å². The minimum atomic E-state index is -4.41. The molecule has 11 heteroatoms. The number of hydrogen-bond acceptors (Lipinski definition) is 5. The second kappa shape index (κ2) is 11.6. The van der Waals surface area contributed by atoms with Gasteiger partial charge in [-0.1, -0.05) is 35.9 Å². The van der Waals surface area contributed by atoms with E-state index in [1.54, 1.807) is 35.2 Å². The molecule has 39 heavy (non-hydrogen) atoms. The summed E-state index contributed by atoms with van der Waals surface area (Å²) in [6.07, 6.45) is -3.26. The van der Waals surface area contributed by atoms with Crippen LogP contribution in [-0.2, 0) is 27.5 Å². The second-order valence-corrected chi connectivity index (χ2v) is 11.4. The van der Waals surface area contributed by atoms with Gasteiger partial charge in [0.15, 0.2) is 6.61 Å². The van der Waals surface area contributed by atoms with Gasteiger partial charge in [0.05, 0.1) is 24.1 Å². The van der Waals surface area contributed by atoms with Crippen molar-refractivity contribution in [2.75, 3.05) is 48.2 Å². The number of rotatable bonds is 8. The number of alkyl halides is 3. The van der Waals surface area contributed by atoms with Gasteiger partial charge in [-0.3, -0.25) is 9.10 Å². The van der Waals surface area contributed by atoms with Gasteiger partial charge in [0, 0.05) is 31.9 Å². The van der Waals surface area contributed by atoms with Crippen molar-refractivity contribution in [1.82, 2.24) is 4.90 Å². The zero-order valence-corrected chi connectivity index (χ0v) is 22.5. The third-order valence-corrected chi connectivity index (χ3v) is 7.65. The Morgan fingerprint density at radius 2 is 1.59 bits per heavy atom. The van der Waals surface area contributed by atoms with E-state index in [0.29, 0.717) is 43.3 Å². The molecule has 1 fully saturated rings. The summed E-state index contributed by atoms with van der Waals surface area (Å²) in [6.45, 7) is 3.47. The minimum Gasteiger partial charge on any atom is -0.484 e. The van der Waals surface area contributed by atoms with Crippen molar-refractivity contribution < 1.29 is 31.1 Å². The van der Waals surface area contributed by atoms with Crippen molar-refractivity contribution in [2.45, 2.75) is 19.6 Å². The lowest BCUT2D eigenvalue weighted by atomic mass is 10.1. The molecule has 3 aromatic carbocycles. The van der Waals surface area contributed by atoms with E-state index < -0.39 is 21.8 Å². The number of nitrogens with zero attached hydrogens (tertiary/aromatic N) is 3. The van der Waals surface area contributed by atoms with E-state index in [-0.39, 0.29) is 19.1 Å². The fraction of sp³-hybridized carbons (Fsp3) is 0.321. The Balaban J connectivity index is 1.31. The number of sulfonamides is 1. The summed E-state index contributed by atoms with van der Waals surface area (Å²) >= 11 is 0. The SMILES string of the molecule is Cc1ccc(CN(c2ccc(OCC(=O)N3CCN(c4cccc(C(F)(F)F)c4)CC3)cc2)S(C)(=O)=O)cc1. The first-order valence-corrected chi connectivity index (χ1v) is 14.2. The van der Waals surface area contributed by atoms with Crippen LogP contribution in [0.25, 0.3) is 0 Å². The van der Waals surface area contributed by atoms with Crippen molar-refractivity contribution in [3.8, 4) is 5.75 Å². The van der Waals surface area contributed by atoms with Crippen LogP contribution >= 0.6 is 0 Å². The number of amides is 1. The van der Waals surface area contributed by atoms with E-state index in [0.717, 1.165) is 29.5 Å². The van der Waals surface area contributed by atoms with Gasteiger partial charge >= 0.3 is 6.18 Å². The van der Waals surface area contributed by atoms with Gasteiger partial charge in [-0.05, 0) is 55.0 Å². The maximum atomic E-state index is 13.0. The fourth-order valence-corrected chi connectivity index (χ4v) is 5.19. The number of carbonyl (C=O) groups is 1. The summed E-state index contributed by atoms with van der Waals surface area (Å²) in [7, 11) is -3.54. The van der Waals surface area contributed by atoms with Crippen LogP contribution in [-0.4, -0.2) is 58.3 Å². The molecule has 1 aliphatic rings. The van der Waals surface area contributed by atoms with E-state index in [1.807, 2.05) is 36.1 Å². The molecule has 0 aromatic heterocycles. The zero-order valence-electron chi connectivity index (χ0n) is 21.7. The van der Waals surface area contributed by atoms with Crippen LogP contribution in [0.3, 0.4) is 0 Å². The Morgan fingerprint density at radius 3 is 2.18 bits per heavy atom. The van der Waals surface area contributed by atoms with Crippen LogP contribution in [0.5, 0.6) is 5.75 Å². The summed E-state index contributed by atoms with van der Waals surface area (Å²) in [5, 5.41) is 0. The third-order valence-electron chi connectivity index (χ3n) is 6.51. The van der Waals surface area contributed by atoms with Crippen LogP contribution in [0.1, 0.15) is 16.7 Å². The minimum absolute atomic E-state index is 0.185. The molecule has 0 spiro atoms. The molecule has 0 unspecified atom stereocenters. The van der Waals surface area contributed by atoms with Crippen molar-refractivity contribution in [2.24, 2.45) is 0 Å². The molecule has 1 amide bonds. The number of benzene rings is 3. The maximum Gasteiger partial charge on any atom is 0.416 e. The van der Waals surface area contributed by atoms with Crippen LogP contribution in [0.4, 0.5) is 24.5 Å². The number of halogens is 3. The molecule has 1 aliphatic heterocycles. The summed E-state index contributed by atoms with van der Waals surface area (Å²) in [6, 6.07) is 19.3. The lowest BCUT2D eigenvalue weighted by Crippen LogP contribution is -2.50. The highest BCUT2D eigenvalue weighted by atomic mass is 32.2. The zero-order chi connectivity index (χ0) is 28.2. The molecule has 1 saturated heterocycles. The first-order valence-electron chi connectivity index (χ1n) is 12.4. The number of carbonyl (C=O) groups excluding carboxylic acids is 1. The fourth-order valence-electron chi connectivity index (χ4n) is 4.30. The molecule has 0 saturated carbocycles. The van der Waals surface area contributed by atoms with Crippen LogP contribution in [0.2, 0.25) is 0 Å². The molecular weight excluding hydrogens is 531 g/mol. The lowest BCUT2D eigenvalue weighted by Gasteiger charge is -2.36. The number of ether oxygens (including phenoxy) is 1. The first kappa shape index (κ1) is 28.3. The van der Waals surface area contributed by atoms with E-state index in [4.69, 9.17) is 4.74 Å². The smallest absolute Gasteiger partial charge is 0.416 e. The predicted molar refractivity (Wildman–Crippen MR) is 144 cm³/mol. The molecule has 0 aliphatic carbocycles. The van der Waals surface area contributed by atoms with E-state index in [2.05, 4.69) is 0 Å². The summed E-state index contributed by atoms with van der Waals surface area (Å²) < 4.78 is 70.9. The number of hydrogen-bond donors (Lipinski definition) is 0. The summed E-state index contributed by atoms with van der Waals surface area (Å²) in [4.78, 5) is 16.1. The van der Waals surface area contributed by atoms with Crippen LogP contribution in [0.15, 0.2) is 72.8 Å². The highest BCUT2D eigenvalue weighted by Gasteiger charge is 2.31. The Kier molecular flexibility index (Phi) is 8.39. The van der Waals surface area contributed by atoms with Gasteiger partial charge in [0.25, 0.3) is 5.91 Å². The quantitative estimate of drug-likeness (QED) is 0.399. The maximum absolute atomic E-state index is 13.0. The standard InChI is InChI=1S/C28H30F3N3O4S/c1-21-6-8-22(9-7-21)19-34(39(2,36)37)24-10-12-26(13-11-24)38-20-27(35)33-16-14-32(15-17-33)25-5-3-4-23(18-25)28(29,30)31/h3-13,18H,14-17,19-20H2,1-2H3. The number of aryl methyl sites for hydroxylation is 1. The summed E-state index contributed by atoms with van der Waals surface area (Å²) in [5.41, 5.74) is 2.18. The molecular formula is C28H30F3N3O4S. The molecule has 0 atom stereocenters. The Hall–Kier alpha value is -3.73. The molecule has 4 rings (SSSR count). The van der Waals surface area contributed by atoms with Gasteiger partial charge in [-0.2, -0.15) is 13.2 Å². The number of anilines is 2. The van der Waals surface area contributed by atoms with E-state index in [1.165, 1.54) is 10.4 Å². The third kappa shape index (κ3) is 7.44. The van der Waals surface area contributed by atoms with E-state index in [9.17, 15) is 26.4 Å². The summed E-state index contributed by atoms with van der Waals surface area (Å²) in [5.74, 6) is 0.179. The molecule has 0 radical (unpaired) electrons. The van der Waals surface area contributed by atoms with E-state index >= 15 is 0 Å². The number of piperazine rings is 1. The van der Waals surface area contributed by atoms with Gasteiger partial charge < -0.3 is 14.5 Å². The van der Waals surface area contributed by atoms with Crippen molar-refractivity contribution in [3.05, 3.63) is 89.5 Å². The predicted octanol–water partition coefficient (Wildman–Crippen LogP) is 4.71. The van der Waals surface area contributed by atoms with Crippen molar-refractivity contribution in [1.29, 1.82) is 0 Å². The molecule has 0 N–H and O–H groups in total. The first-order chi connectivity index (χ1) is 18.4. The molecule has 208 valence electrons. The van der Waals surface area contributed by atoms with Crippen LogP contribution < -0.4 is 13.9 Å². The highest BCUT2D eigenvalue weighted by molar-refractivity contribution is 7.92. The Bertz CT molecular complexity index is 1390. The van der Waals surface area contributed by atoms with Gasteiger partial charge in [-0.15, -0.1) is 0 Å². The molecule has 7 nitrogen and oxygen atoms in total. The topological polar surface area (TPSA) is 70.2 Å². The average Bonchev–Trinajstić information content (AvgIpc) is 2.91. The average molecular weight is 562 g/mol. The Morgan fingerprint density at radius 1 is 0.949 bits per heavy atom. The van der Waals surface area contributed by atoms with Crippen molar-refractivity contribution >= 4 is 27.3 Å². The largest absolute Gasteiger partial charge is 0.484 e. The van der Waals surface area contributed by atoms with Crippen LogP contribution in [0, 0.1) is 6.92 Å². The van der Waals surface area contributed by atoms with Crippen molar-refractivity contribution in [3.63, 3.8) is 0 Å². The van der Waals surface area contributed by atoms with Gasteiger partial charge in [0.1, 0.15) is 5.75 Å². The Labute approximate surface area is 226 Å². The lowest BCUT2D eigenvalue weighted by molar-refractivity contribution is -0.137. The molecule has 1 heterocycles. The monoisotopic (exact) mass is 561 g/mol. The molecule has 3 aromatic rings. The highest BCUT2D eigenvalue weighted by Crippen LogP contribution is 2.32. The van der Waals surface area contributed by atoms with Gasteiger partial charge in [-0.25, -0.2) is 8.42 Å². The second-order valence-electron chi connectivity index (χ2n) is 9.45. The normalized spacial score (nSPS) is 14.3.